The molecule has 3 heterocycles. The molecule has 1 atom stereocenters. The molecule has 0 radical (unpaired) electrons. The summed E-state index contributed by atoms with van der Waals surface area (Å²) in [5, 5.41) is 3.86. The number of fused-ring (bicyclic) bond motifs is 1. The highest BCUT2D eigenvalue weighted by Crippen LogP contribution is 2.42. The van der Waals surface area contributed by atoms with Gasteiger partial charge in [-0.3, -0.25) is 9.59 Å². The summed E-state index contributed by atoms with van der Waals surface area (Å²) in [6.45, 7) is 8.49. The number of piperidine rings is 1. The van der Waals surface area contributed by atoms with Crippen LogP contribution in [0.5, 0.6) is 5.75 Å². The Balaban J connectivity index is 1.37. The molecule has 0 bridgehead atoms. The van der Waals surface area contributed by atoms with Gasteiger partial charge in [0.2, 0.25) is 0 Å². The van der Waals surface area contributed by atoms with E-state index in [2.05, 4.69) is 32.8 Å². The van der Waals surface area contributed by atoms with Crippen molar-refractivity contribution in [1.82, 2.24) is 19.8 Å². The number of likely N-dealkylation sites (tertiary alicyclic amines) is 1. The summed E-state index contributed by atoms with van der Waals surface area (Å²) in [7, 11) is 1.52. The Morgan fingerprint density at radius 1 is 1.24 bits per heavy atom. The average Bonchev–Trinajstić information content (AvgIpc) is 3.52. The molecule has 1 aliphatic carbocycles. The van der Waals surface area contributed by atoms with Crippen molar-refractivity contribution in [1.29, 1.82) is 0 Å². The van der Waals surface area contributed by atoms with Crippen molar-refractivity contribution in [3.63, 3.8) is 0 Å². The minimum Gasteiger partial charge on any atom is -0.496 e. The number of hydrogen-bond donors (Lipinski definition) is 2. The molecule has 1 aromatic carbocycles. The number of aromatic nitrogens is 2. The first kappa shape index (κ1) is 25.5. The second-order valence-electron chi connectivity index (χ2n) is 10.9. The van der Waals surface area contributed by atoms with Gasteiger partial charge < -0.3 is 24.5 Å². The summed E-state index contributed by atoms with van der Waals surface area (Å²) in [6, 6.07) is 9.96. The molecule has 2 aromatic heterocycles. The van der Waals surface area contributed by atoms with Crippen LogP contribution in [0, 0.1) is 19.8 Å². The van der Waals surface area contributed by atoms with Crippen molar-refractivity contribution in [2.75, 3.05) is 26.7 Å². The highest BCUT2D eigenvalue weighted by Gasteiger charge is 2.45. The van der Waals surface area contributed by atoms with Gasteiger partial charge >= 0.3 is 0 Å². The Labute approximate surface area is 217 Å². The third-order valence-electron chi connectivity index (χ3n) is 8.28. The number of nitrogens with one attached hydrogen (secondary N) is 2. The van der Waals surface area contributed by atoms with E-state index >= 15 is 0 Å². The predicted octanol–water partition coefficient (Wildman–Crippen LogP) is 4.66. The van der Waals surface area contributed by atoms with E-state index in [9.17, 15) is 14.0 Å². The van der Waals surface area contributed by atoms with Crippen LogP contribution in [-0.2, 0) is 6.54 Å². The van der Waals surface area contributed by atoms with Crippen molar-refractivity contribution < 1.29 is 13.9 Å². The monoisotopic (exact) mass is 508 g/mol. The third-order valence-corrected chi connectivity index (χ3v) is 8.28. The molecule has 1 amide bonds. The largest absolute Gasteiger partial charge is 0.496 e. The number of aromatic amines is 1. The molecule has 1 aliphatic heterocycles. The lowest BCUT2D eigenvalue weighted by Gasteiger charge is -2.36. The van der Waals surface area contributed by atoms with Gasteiger partial charge in [-0.05, 0) is 77.6 Å². The van der Waals surface area contributed by atoms with Crippen LogP contribution in [0.2, 0.25) is 0 Å². The number of methoxy groups -OCH3 is 1. The lowest BCUT2D eigenvalue weighted by atomic mass is 9.89. The second-order valence-corrected chi connectivity index (χ2v) is 10.9. The number of carbonyl (C=O) groups excluding carboxylic acids is 1. The smallest absolute Gasteiger partial charge is 0.256 e. The number of para-hydroxylation sites is 1. The zero-order valence-corrected chi connectivity index (χ0v) is 22.2. The van der Waals surface area contributed by atoms with Crippen molar-refractivity contribution >= 4 is 16.8 Å². The van der Waals surface area contributed by atoms with E-state index in [-0.39, 0.29) is 24.1 Å². The van der Waals surface area contributed by atoms with E-state index in [1.54, 1.807) is 13.0 Å². The zero-order valence-electron chi connectivity index (χ0n) is 22.2. The molecule has 0 spiro atoms. The molecule has 2 fully saturated rings. The van der Waals surface area contributed by atoms with Crippen LogP contribution in [-0.4, -0.2) is 52.8 Å². The van der Waals surface area contributed by atoms with Crippen LogP contribution in [0.25, 0.3) is 10.9 Å². The van der Waals surface area contributed by atoms with Gasteiger partial charge in [0.1, 0.15) is 11.4 Å². The maximum absolute atomic E-state index is 14.3. The van der Waals surface area contributed by atoms with Gasteiger partial charge in [-0.1, -0.05) is 18.2 Å². The molecule has 2 N–H and O–H groups in total. The fraction of sp³-hybridized carbons (Fsp3) is 0.517. The molecular formula is C29H37FN4O3. The van der Waals surface area contributed by atoms with Gasteiger partial charge in [0.15, 0.2) is 0 Å². The highest BCUT2D eigenvalue weighted by molar-refractivity contribution is 6.08. The topological polar surface area (TPSA) is 79.4 Å². The van der Waals surface area contributed by atoms with Gasteiger partial charge in [-0.15, -0.1) is 0 Å². The Morgan fingerprint density at radius 3 is 2.62 bits per heavy atom. The van der Waals surface area contributed by atoms with Gasteiger partial charge in [0.05, 0.1) is 24.8 Å². The fourth-order valence-electron chi connectivity index (χ4n) is 5.99. The fourth-order valence-corrected chi connectivity index (χ4v) is 5.99. The Kier molecular flexibility index (Phi) is 6.88. The van der Waals surface area contributed by atoms with E-state index in [1.807, 2.05) is 25.1 Å². The summed E-state index contributed by atoms with van der Waals surface area (Å²) < 4.78 is 21.9. The molecule has 2 aliphatic rings. The molecule has 0 unspecified atom stereocenters. The number of alkyl halides is 1. The van der Waals surface area contributed by atoms with Crippen LogP contribution in [0.15, 0.2) is 35.1 Å². The lowest BCUT2D eigenvalue weighted by Crippen LogP contribution is -2.40. The first-order chi connectivity index (χ1) is 17.7. The molecule has 5 rings (SSSR count). The van der Waals surface area contributed by atoms with Crippen molar-refractivity contribution in [3.05, 3.63) is 63.2 Å². The van der Waals surface area contributed by atoms with E-state index in [1.165, 1.54) is 7.11 Å². The number of pyridine rings is 1. The number of nitrogens with zero attached hydrogens (tertiary/aromatic N) is 2. The zero-order chi connectivity index (χ0) is 26.3. The molecule has 1 saturated carbocycles. The number of ether oxygens (including phenoxy) is 1. The molecule has 198 valence electrons. The summed E-state index contributed by atoms with van der Waals surface area (Å²) in [6.07, 6.45) is 3.43. The van der Waals surface area contributed by atoms with E-state index in [0.717, 1.165) is 42.5 Å². The SMILES string of the molecule is COc1cc(C)[nH]c(=O)c1CNC(=O)c1c(C)n([C@H](C)C2CCN(CC3(F)CC3)CC2)c2ccccc12. The number of halogens is 1. The number of rotatable bonds is 8. The van der Waals surface area contributed by atoms with Crippen molar-refractivity contribution in [3.8, 4) is 5.75 Å². The van der Waals surface area contributed by atoms with Crippen LogP contribution >= 0.6 is 0 Å². The third kappa shape index (κ3) is 5.04. The van der Waals surface area contributed by atoms with E-state index in [4.69, 9.17) is 4.74 Å². The average molecular weight is 509 g/mol. The molecule has 1 saturated heterocycles. The highest BCUT2D eigenvalue weighted by atomic mass is 19.1. The van der Waals surface area contributed by atoms with Crippen molar-refractivity contribution in [2.45, 2.75) is 64.7 Å². The summed E-state index contributed by atoms with van der Waals surface area (Å²) >= 11 is 0. The van der Waals surface area contributed by atoms with E-state index < -0.39 is 5.67 Å². The maximum Gasteiger partial charge on any atom is 0.256 e. The maximum atomic E-state index is 14.3. The first-order valence-electron chi connectivity index (χ1n) is 13.3. The van der Waals surface area contributed by atoms with Crippen LogP contribution in [0.3, 0.4) is 0 Å². The number of aryl methyl sites for hydroxylation is 1. The van der Waals surface area contributed by atoms with Gasteiger partial charge in [-0.2, -0.15) is 0 Å². The van der Waals surface area contributed by atoms with Crippen LogP contribution in [0.4, 0.5) is 4.39 Å². The minimum atomic E-state index is -0.943. The Morgan fingerprint density at radius 2 is 1.95 bits per heavy atom. The molecule has 37 heavy (non-hydrogen) atoms. The van der Waals surface area contributed by atoms with Gasteiger partial charge in [0.25, 0.3) is 11.5 Å². The molecule has 3 aromatic rings. The van der Waals surface area contributed by atoms with Gasteiger partial charge in [-0.25, -0.2) is 4.39 Å². The second kappa shape index (κ2) is 9.97. The standard InChI is InChI=1S/C29H37FN4O3/c1-18-15-25(37-4)23(27(35)32-18)16-31-28(36)26-20(3)34(24-8-6-5-7-22(24)26)19(2)21-9-13-33(14-10-21)17-29(30)11-12-29/h5-8,15,19,21H,9-14,16-17H2,1-4H3,(H,31,36)(H,32,35)/t19-/m1/s1. The Hall–Kier alpha value is -3.13. The number of carbonyl (C=O) groups is 1. The molecule has 8 heteroatoms. The summed E-state index contributed by atoms with van der Waals surface area (Å²) in [5.41, 5.74) is 2.47. The Bertz CT molecular complexity index is 1370. The number of amides is 1. The number of H-pyrrole nitrogens is 1. The van der Waals surface area contributed by atoms with Crippen LogP contribution in [0.1, 0.15) is 66.0 Å². The van der Waals surface area contributed by atoms with Crippen LogP contribution < -0.4 is 15.6 Å². The first-order valence-corrected chi connectivity index (χ1v) is 13.3. The minimum absolute atomic E-state index is 0.0701. The number of benzene rings is 1. The summed E-state index contributed by atoms with van der Waals surface area (Å²) in [4.78, 5) is 31.1. The van der Waals surface area contributed by atoms with Gasteiger partial charge in [0, 0.05) is 34.9 Å². The van der Waals surface area contributed by atoms with Crippen molar-refractivity contribution in [2.24, 2.45) is 5.92 Å². The molecular weight excluding hydrogens is 471 g/mol. The lowest BCUT2D eigenvalue weighted by molar-refractivity contribution is 0.0950. The molecule has 7 nitrogen and oxygen atoms in total. The van der Waals surface area contributed by atoms with E-state index in [0.29, 0.717) is 47.9 Å². The predicted molar refractivity (Wildman–Crippen MR) is 143 cm³/mol. The normalized spacial score (nSPS) is 18.6. The quantitative estimate of drug-likeness (QED) is 0.464. The summed E-state index contributed by atoms with van der Waals surface area (Å²) in [5.74, 6) is 0.696. The number of hydrogen-bond acceptors (Lipinski definition) is 4.